The fourth-order valence-electron chi connectivity index (χ4n) is 3.44. The van der Waals surface area contributed by atoms with Crippen LogP contribution in [0.1, 0.15) is 47.5 Å². The Morgan fingerprint density at radius 1 is 1.30 bits per heavy atom. The summed E-state index contributed by atoms with van der Waals surface area (Å²) in [7, 11) is 1.23. The van der Waals surface area contributed by atoms with Crippen molar-refractivity contribution in [3.05, 3.63) is 12.7 Å². The molecule has 172 valence electrons. The number of ether oxygens (including phenoxy) is 3. The zero-order valence-electron chi connectivity index (χ0n) is 18.8. The van der Waals surface area contributed by atoms with Crippen molar-refractivity contribution >= 4 is 18.0 Å². The third-order valence-electron chi connectivity index (χ3n) is 4.74. The lowest BCUT2D eigenvalue weighted by Gasteiger charge is -2.32. The van der Waals surface area contributed by atoms with Crippen molar-refractivity contribution < 1.29 is 33.7 Å². The highest BCUT2D eigenvalue weighted by atomic mass is 16.6. The van der Waals surface area contributed by atoms with E-state index in [1.165, 1.54) is 12.0 Å². The van der Waals surface area contributed by atoms with Gasteiger partial charge in [0.25, 0.3) is 0 Å². The van der Waals surface area contributed by atoms with Crippen LogP contribution in [0.25, 0.3) is 0 Å². The van der Waals surface area contributed by atoms with E-state index in [0.717, 1.165) is 0 Å². The first kappa shape index (κ1) is 25.9. The number of carbonyl (C=O) groups excluding carboxylic acids is 3. The van der Waals surface area contributed by atoms with Gasteiger partial charge in [-0.05, 0) is 40.0 Å². The minimum absolute atomic E-state index is 0.0136. The molecule has 1 aliphatic rings. The normalized spacial score (nSPS) is 22.0. The molecule has 0 bridgehead atoms. The average molecular weight is 429 g/mol. The molecule has 0 saturated carbocycles. The Morgan fingerprint density at radius 3 is 2.47 bits per heavy atom. The van der Waals surface area contributed by atoms with E-state index in [4.69, 9.17) is 14.2 Å². The van der Waals surface area contributed by atoms with Gasteiger partial charge in [-0.1, -0.05) is 13.0 Å². The lowest BCUT2D eigenvalue weighted by atomic mass is 9.94. The number of β-amino-alcohol motifs (C(OH)–C–C–N with tert-alkyl or cyclic N) is 1. The number of carbonyl (C=O) groups is 3. The quantitative estimate of drug-likeness (QED) is 0.424. The van der Waals surface area contributed by atoms with Gasteiger partial charge in [0.05, 0.1) is 25.9 Å². The van der Waals surface area contributed by atoms with Crippen molar-refractivity contribution in [2.75, 3.05) is 20.3 Å². The predicted octanol–water partition coefficient (Wildman–Crippen LogP) is 1.63. The van der Waals surface area contributed by atoms with Crippen LogP contribution in [0.5, 0.6) is 0 Å². The average Bonchev–Trinajstić information content (AvgIpc) is 3.03. The van der Waals surface area contributed by atoms with Crippen molar-refractivity contribution in [2.24, 2.45) is 5.92 Å². The molecule has 5 unspecified atom stereocenters. The summed E-state index contributed by atoms with van der Waals surface area (Å²) in [6, 6.07) is -1.87. The summed E-state index contributed by atoms with van der Waals surface area (Å²) in [6.45, 7) is 12.8. The molecule has 1 rings (SSSR count). The maximum atomic E-state index is 13.3. The molecule has 1 saturated heterocycles. The fourth-order valence-corrected chi connectivity index (χ4v) is 3.44. The van der Waals surface area contributed by atoms with Gasteiger partial charge >= 0.3 is 12.1 Å². The summed E-state index contributed by atoms with van der Waals surface area (Å²) in [6.07, 6.45) is 0.431. The first-order valence-corrected chi connectivity index (χ1v) is 10.2. The van der Waals surface area contributed by atoms with Crippen LogP contribution in [0, 0.1) is 5.92 Å². The third-order valence-corrected chi connectivity index (χ3v) is 4.74. The van der Waals surface area contributed by atoms with Crippen LogP contribution in [0.4, 0.5) is 4.79 Å². The number of alkyl carbamates (subject to hydrolysis) is 1. The van der Waals surface area contributed by atoms with E-state index in [1.54, 1.807) is 26.8 Å². The number of hydrogen-bond acceptors (Lipinski definition) is 7. The molecule has 0 radical (unpaired) electrons. The van der Waals surface area contributed by atoms with Crippen molar-refractivity contribution in [1.82, 2.24) is 10.2 Å². The third kappa shape index (κ3) is 7.95. The number of esters is 1. The van der Waals surface area contributed by atoms with Gasteiger partial charge in [0, 0.05) is 13.0 Å². The molecule has 0 spiro atoms. The second-order valence-electron chi connectivity index (χ2n) is 8.69. The van der Waals surface area contributed by atoms with Gasteiger partial charge in [0.15, 0.2) is 0 Å². The Kier molecular flexibility index (Phi) is 9.77. The van der Waals surface area contributed by atoms with E-state index in [9.17, 15) is 19.5 Å². The smallest absolute Gasteiger partial charge is 0.408 e. The van der Waals surface area contributed by atoms with Gasteiger partial charge in [-0.25, -0.2) is 9.59 Å². The van der Waals surface area contributed by atoms with Crippen LogP contribution in [-0.4, -0.2) is 78.1 Å². The summed E-state index contributed by atoms with van der Waals surface area (Å²) in [4.78, 5) is 39.1. The number of nitrogens with one attached hydrogen (secondary N) is 1. The predicted molar refractivity (Wildman–Crippen MR) is 111 cm³/mol. The number of methoxy groups -OCH3 is 1. The largest absolute Gasteiger partial charge is 0.467 e. The van der Waals surface area contributed by atoms with E-state index < -0.39 is 41.8 Å². The number of nitrogens with zero attached hydrogens (tertiary/aromatic N) is 1. The van der Waals surface area contributed by atoms with Crippen LogP contribution in [0.3, 0.4) is 0 Å². The van der Waals surface area contributed by atoms with E-state index in [2.05, 4.69) is 11.9 Å². The Hall–Kier alpha value is -2.13. The molecule has 2 N–H and O–H groups in total. The van der Waals surface area contributed by atoms with Crippen molar-refractivity contribution in [2.45, 2.75) is 77.4 Å². The molecule has 1 aliphatic heterocycles. The Labute approximate surface area is 178 Å². The van der Waals surface area contributed by atoms with E-state index >= 15 is 0 Å². The number of rotatable bonds is 9. The Morgan fingerprint density at radius 2 is 1.93 bits per heavy atom. The maximum absolute atomic E-state index is 13.3. The number of hydrogen-bond donors (Lipinski definition) is 2. The summed E-state index contributed by atoms with van der Waals surface area (Å²) < 4.78 is 15.7. The SMILES string of the molecule is C=CCOC(C)CC(C)C(NC(=O)OC(C)(C)C)C(=O)N1CC(O)CC1C(=O)OC. The molecule has 0 aromatic rings. The van der Waals surface area contributed by atoms with E-state index in [-0.39, 0.29) is 25.0 Å². The second-order valence-corrected chi connectivity index (χ2v) is 8.69. The minimum Gasteiger partial charge on any atom is -0.467 e. The molecule has 5 atom stereocenters. The molecule has 1 heterocycles. The Bertz CT molecular complexity index is 617. The molecule has 0 aliphatic carbocycles. The molecule has 30 heavy (non-hydrogen) atoms. The Balaban J connectivity index is 3.05. The lowest BCUT2D eigenvalue weighted by Crippen LogP contribution is -2.55. The molecule has 0 aromatic carbocycles. The fraction of sp³-hybridized carbons (Fsp3) is 0.762. The van der Waals surface area contributed by atoms with Crippen molar-refractivity contribution in [3.63, 3.8) is 0 Å². The monoisotopic (exact) mass is 428 g/mol. The van der Waals surface area contributed by atoms with Gasteiger partial charge < -0.3 is 29.5 Å². The molecule has 1 fully saturated rings. The van der Waals surface area contributed by atoms with Crippen LogP contribution >= 0.6 is 0 Å². The highest BCUT2D eigenvalue weighted by molar-refractivity contribution is 5.90. The number of aliphatic hydroxyl groups is 1. The first-order valence-electron chi connectivity index (χ1n) is 10.2. The minimum atomic E-state index is -0.966. The molecule has 0 aromatic heterocycles. The van der Waals surface area contributed by atoms with E-state index in [1.807, 2.05) is 13.8 Å². The highest BCUT2D eigenvalue weighted by Gasteiger charge is 2.43. The summed E-state index contributed by atoms with van der Waals surface area (Å²) in [5, 5.41) is 12.7. The molecular weight excluding hydrogens is 392 g/mol. The van der Waals surface area contributed by atoms with Gasteiger partial charge in [-0.3, -0.25) is 4.79 Å². The summed E-state index contributed by atoms with van der Waals surface area (Å²) >= 11 is 0. The zero-order valence-corrected chi connectivity index (χ0v) is 18.8. The lowest BCUT2D eigenvalue weighted by molar-refractivity contribution is -0.152. The molecule has 2 amide bonds. The standard InChI is InChI=1S/C21H36N2O7/c1-8-9-29-14(3)10-13(2)17(22-20(27)30-21(4,5)6)18(25)23-12-15(24)11-16(23)19(26)28-7/h8,13-17,24H,1,9-12H2,2-7H3,(H,22,27). The van der Waals surface area contributed by atoms with Gasteiger partial charge in [0.1, 0.15) is 17.7 Å². The summed E-state index contributed by atoms with van der Waals surface area (Å²) in [5.74, 6) is -1.41. The molecule has 9 nitrogen and oxygen atoms in total. The van der Waals surface area contributed by atoms with Gasteiger partial charge in [0.2, 0.25) is 5.91 Å². The van der Waals surface area contributed by atoms with Gasteiger partial charge in [-0.15, -0.1) is 6.58 Å². The van der Waals surface area contributed by atoms with Crippen LogP contribution < -0.4 is 5.32 Å². The first-order chi connectivity index (χ1) is 13.9. The summed E-state index contributed by atoms with van der Waals surface area (Å²) in [5.41, 5.74) is -0.736. The molecule has 9 heteroatoms. The number of aliphatic hydroxyl groups excluding tert-OH is 1. The molecular formula is C21H36N2O7. The topological polar surface area (TPSA) is 114 Å². The number of amides is 2. The second kappa shape index (κ2) is 11.3. The van der Waals surface area contributed by atoms with Crippen LogP contribution in [0.2, 0.25) is 0 Å². The van der Waals surface area contributed by atoms with Crippen molar-refractivity contribution in [3.8, 4) is 0 Å². The number of likely N-dealkylation sites (tertiary alicyclic amines) is 1. The zero-order chi connectivity index (χ0) is 23.1. The van der Waals surface area contributed by atoms with Crippen LogP contribution in [-0.2, 0) is 23.8 Å². The maximum Gasteiger partial charge on any atom is 0.408 e. The van der Waals surface area contributed by atoms with Crippen LogP contribution in [0.15, 0.2) is 12.7 Å². The van der Waals surface area contributed by atoms with Gasteiger partial charge in [-0.2, -0.15) is 0 Å². The highest BCUT2D eigenvalue weighted by Crippen LogP contribution is 2.24. The van der Waals surface area contributed by atoms with Crippen molar-refractivity contribution in [1.29, 1.82) is 0 Å². The van der Waals surface area contributed by atoms with E-state index in [0.29, 0.717) is 13.0 Å².